The zero-order valence-corrected chi connectivity index (χ0v) is 19.6. The Morgan fingerprint density at radius 1 is 1.00 bits per heavy atom. The fraction of sp³-hybridized carbons (Fsp3) is 0.308. The van der Waals surface area contributed by atoms with Crippen LogP contribution in [-0.2, 0) is 14.3 Å². The van der Waals surface area contributed by atoms with Gasteiger partial charge in [0.05, 0.1) is 18.5 Å². The molecule has 0 aliphatic carbocycles. The Labute approximate surface area is 203 Å². The number of hydrogen-bond acceptors (Lipinski definition) is 6. The minimum Gasteiger partial charge on any atom is -0.480 e. The van der Waals surface area contributed by atoms with Crippen LogP contribution in [-0.4, -0.2) is 58.8 Å². The molecule has 182 valence electrons. The third kappa shape index (κ3) is 6.06. The van der Waals surface area contributed by atoms with Crippen molar-refractivity contribution in [1.29, 1.82) is 0 Å². The van der Waals surface area contributed by atoms with Crippen LogP contribution in [0.4, 0.5) is 5.69 Å². The molecule has 0 atom stereocenters. The highest BCUT2D eigenvalue weighted by atomic mass is 16.5. The van der Waals surface area contributed by atoms with Gasteiger partial charge in [-0.2, -0.15) is 5.10 Å². The Morgan fingerprint density at radius 3 is 2.31 bits per heavy atom. The molecule has 4 rings (SSSR count). The van der Waals surface area contributed by atoms with Crippen LogP contribution in [0, 0.1) is 5.92 Å². The van der Waals surface area contributed by atoms with Gasteiger partial charge in [-0.1, -0.05) is 36.4 Å². The topological polar surface area (TPSA) is 103 Å². The quantitative estimate of drug-likeness (QED) is 0.501. The summed E-state index contributed by atoms with van der Waals surface area (Å²) < 4.78 is 12.3. The average molecular weight is 477 g/mol. The van der Waals surface area contributed by atoms with Gasteiger partial charge in [-0.25, -0.2) is 9.48 Å². The first kappa shape index (κ1) is 24.0. The number of ether oxygens (including phenoxy) is 2. The van der Waals surface area contributed by atoms with Crippen LogP contribution < -0.4 is 10.1 Å². The number of likely N-dealkylation sites (tertiary alicyclic amines) is 1. The van der Waals surface area contributed by atoms with E-state index in [1.54, 1.807) is 18.0 Å². The van der Waals surface area contributed by atoms with Crippen LogP contribution in [0.1, 0.15) is 30.3 Å². The van der Waals surface area contributed by atoms with Crippen molar-refractivity contribution in [2.45, 2.75) is 19.8 Å². The number of nitrogens with zero attached hydrogens (tertiary/aromatic N) is 3. The maximum absolute atomic E-state index is 12.8. The molecule has 1 aromatic heterocycles. The highest BCUT2D eigenvalue weighted by Gasteiger charge is 2.28. The van der Waals surface area contributed by atoms with Gasteiger partial charge >= 0.3 is 5.97 Å². The maximum Gasteiger partial charge on any atom is 0.362 e. The van der Waals surface area contributed by atoms with Crippen molar-refractivity contribution in [1.82, 2.24) is 14.7 Å². The lowest BCUT2D eigenvalue weighted by Gasteiger charge is -2.31. The van der Waals surface area contributed by atoms with Gasteiger partial charge in [0.15, 0.2) is 12.4 Å². The fourth-order valence-electron chi connectivity index (χ4n) is 3.91. The molecule has 0 unspecified atom stereocenters. The van der Waals surface area contributed by atoms with Crippen LogP contribution in [0.25, 0.3) is 5.69 Å². The molecule has 9 nitrogen and oxygen atoms in total. The van der Waals surface area contributed by atoms with Crippen LogP contribution >= 0.6 is 0 Å². The molecular weight excluding hydrogens is 448 g/mol. The summed E-state index contributed by atoms with van der Waals surface area (Å²) in [7, 11) is 0. The summed E-state index contributed by atoms with van der Waals surface area (Å²) in [5.74, 6) is -0.839. The SMILES string of the molecule is CCOC(=O)c1nn(-c2ccccc2)cc1OCC(=O)N1CCC(C(=O)Nc2ccccc2)CC1. The minimum atomic E-state index is -0.616. The molecule has 1 N–H and O–H groups in total. The van der Waals surface area contributed by atoms with Gasteiger partial charge in [-0.05, 0) is 44.0 Å². The summed E-state index contributed by atoms with van der Waals surface area (Å²) in [5, 5.41) is 7.23. The van der Waals surface area contributed by atoms with E-state index in [-0.39, 0.29) is 42.4 Å². The Balaban J connectivity index is 1.34. The largest absolute Gasteiger partial charge is 0.480 e. The van der Waals surface area contributed by atoms with Crippen molar-refractivity contribution >= 4 is 23.5 Å². The number of carbonyl (C=O) groups excluding carboxylic acids is 3. The molecule has 1 saturated heterocycles. The summed E-state index contributed by atoms with van der Waals surface area (Å²) in [6.07, 6.45) is 2.71. The van der Waals surface area contributed by atoms with E-state index in [0.717, 1.165) is 11.4 Å². The number of piperidine rings is 1. The molecular formula is C26H28N4O5. The number of carbonyl (C=O) groups is 3. The molecule has 9 heteroatoms. The van der Waals surface area contributed by atoms with E-state index < -0.39 is 5.97 Å². The summed E-state index contributed by atoms with van der Waals surface area (Å²) in [4.78, 5) is 39.4. The zero-order chi connectivity index (χ0) is 24.6. The second kappa shape index (κ2) is 11.3. The number of rotatable bonds is 8. The second-order valence-corrected chi connectivity index (χ2v) is 8.14. The highest BCUT2D eigenvalue weighted by molar-refractivity contribution is 5.93. The number of amides is 2. The molecule has 0 spiro atoms. The van der Waals surface area contributed by atoms with Crippen molar-refractivity contribution in [3.63, 3.8) is 0 Å². The van der Waals surface area contributed by atoms with E-state index in [0.29, 0.717) is 25.9 Å². The molecule has 2 heterocycles. The summed E-state index contributed by atoms with van der Waals surface area (Å²) in [6, 6.07) is 18.6. The highest BCUT2D eigenvalue weighted by Crippen LogP contribution is 2.23. The Hall–Kier alpha value is -4.14. The van der Waals surface area contributed by atoms with E-state index in [1.807, 2.05) is 60.7 Å². The fourth-order valence-corrected chi connectivity index (χ4v) is 3.91. The summed E-state index contributed by atoms with van der Waals surface area (Å²) >= 11 is 0. The van der Waals surface area contributed by atoms with E-state index in [4.69, 9.17) is 9.47 Å². The lowest BCUT2D eigenvalue weighted by Crippen LogP contribution is -2.43. The van der Waals surface area contributed by atoms with Gasteiger partial charge in [-0.3, -0.25) is 9.59 Å². The average Bonchev–Trinajstić information content (AvgIpc) is 3.33. The van der Waals surface area contributed by atoms with Crippen LogP contribution in [0.15, 0.2) is 66.9 Å². The van der Waals surface area contributed by atoms with Crippen molar-refractivity contribution < 1.29 is 23.9 Å². The monoisotopic (exact) mass is 476 g/mol. The van der Waals surface area contributed by atoms with E-state index in [9.17, 15) is 14.4 Å². The molecule has 1 aliphatic heterocycles. The second-order valence-electron chi connectivity index (χ2n) is 8.14. The molecule has 0 radical (unpaired) electrons. The first-order valence-electron chi connectivity index (χ1n) is 11.6. The van der Waals surface area contributed by atoms with Gasteiger partial charge in [0, 0.05) is 24.7 Å². The van der Waals surface area contributed by atoms with Crippen LogP contribution in [0.2, 0.25) is 0 Å². The lowest BCUT2D eigenvalue weighted by atomic mass is 9.95. The van der Waals surface area contributed by atoms with E-state index in [1.165, 1.54) is 4.68 Å². The summed E-state index contributed by atoms with van der Waals surface area (Å²) in [6.45, 7) is 2.59. The summed E-state index contributed by atoms with van der Waals surface area (Å²) in [5.41, 5.74) is 1.52. The van der Waals surface area contributed by atoms with Gasteiger partial charge < -0.3 is 19.7 Å². The predicted molar refractivity (Wildman–Crippen MR) is 129 cm³/mol. The maximum atomic E-state index is 12.8. The molecule has 3 aromatic rings. The van der Waals surface area contributed by atoms with E-state index in [2.05, 4.69) is 10.4 Å². The normalized spacial score (nSPS) is 13.8. The van der Waals surface area contributed by atoms with E-state index >= 15 is 0 Å². The molecule has 1 fully saturated rings. The van der Waals surface area contributed by atoms with Crippen LogP contribution in [0.3, 0.4) is 0 Å². The smallest absolute Gasteiger partial charge is 0.362 e. The Morgan fingerprint density at radius 2 is 1.66 bits per heavy atom. The molecule has 2 aromatic carbocycles. The van der Waals surface area contributed by atoms with Crippen molar-refractivity contribution in [2.75, 3.05) is 31.6 Å². The van der Waals surface area contributed by atoms with Gasteiger partial charge in [0.2, 0.25) is 11.6 Å². The van der Waals surface area contributed by atoms with Crippen LogP contribution in [0.5, 0.6) is 5.75 Å². The van der Waals surface area contributed by atoms with Gasteiger partial charge in [-0.15, -0.1) is 0 Å². The predicted octanol–water partition coefficient (Wildman–Crippen LogP) is 3.31. The lowest BCUT2D eigenvalue weighted by molar-refractivity contribution is -0.136. The Bertz CT molecular complexity index is 1150. The van der Waals surface area contributed by atoms with Crippen molar-refractivity contribution in [2.24, 2.45) is 5.92 Å². The third-order valence-corrected chi connectivity index (χ3v) is 5.78. The van der Waals surface area contributed by atoms with Gasteiger partial charge in [0.1, 0.15) is 0 Å². The minimum absolute atomic E-state index is 0.0137. The number of benzene rings is 2. The Kier molecular flexibility index (Phi) is 7.77. The molecule has 2 amide bonds. The van der Waals surface area contributed by atoms with Crippen molar-refractivity contribution in [3.8, 4) is 11.4 Å². The number of para-hydroxylation sites is 2. The number of anilines is 1. The van der Waals surface area contributed by atoms with Gasteiger partial charge in [0.25, 0.3) is 5.91 Å². The molecule has 1 aliphatic rings. The first-order valence-corrected chi connectivity index (χ1v) is 11.6. The number of aromatic nitrogens is 2. The number of nitrogens with one attached hydrogen (secondary N) is 1. The standard InChI is InChI=1S/C26H28N4O5/c1-2-34-26(33)24-22(17-30(28-24)21-11-7-4-8-12-21)35-18-23(31)29-15-13-19(14-16-29)25(32)27-20-9-5-3-6-10-20/h3-12,17,19H,2,13-16,18H2,1H3,(H,27,32). The third-order valence-electron chi connectivity index (χ3n) is 5.78. The zero-order valence-electron chi connectivity index (χ0n) is 19.6. The number of esters is 1. The van der Waals surface area contributed by atoms with Crippen molar-refractivity contribution in [3.05, 3.63) is 72.6 Å². The first-order chi connectivity index (χ1) is 17.0. The molecule has 0 bridgehead atoms. The number of hydrogen-bond donors (Lipinski definition) is 1. The molecule has 35 heavy (non-hydrogen) atoms. The molecule has 0 saturated carbocycles.